The van der Waals surface area contributed by atoms with Crippen molar-refractivity contribution in [2.75, 3.05) is 20.2 Å². The molecule has 6 nitrogen and oxygen atoms in total. The monoisotopic (exact) mass is 416 g/mol. The number of benzene rings is 2. The molecule has 0 aromatic heterocycles. The SMILES string of the molecule is CCNS(=O)(=O)c1cccc(C(=O)NCC2(c3ccccc3OC)CCCC2)c1. The van der Waals surface area contributed by atoms with E-state index in [2.05, 4.69) is 16.1 Å². The first-order valence-electron chi connectivity index (χ1n) is 9.93. The average Bonchev–Trinajstić information content (AvgIpc) is 3.22. The van der Waals surface area contributed by atoms with Crippen molar-refractivity contribution >= 4 is 15.9 Å². The van der Waals surface area contributed by atoms with Crippen molar-refractivity contribution in [3.05, 3.63) is 59.7 Å². The predicted octanol–water partition coefficient (Wildman–Crippen LogP) is 3.24. The van der Waals surface area contributed by atoms with Crippen LogP contribution in [0.3, 0.4) is 0 Å². The van der Waals surface area contributed by atoms with Crippen LogP contribution in [0.4, 0.5) is 0 Å². The maximum Gasteiger partial charge on any atom is 0.251 e. The quantitative estimate of drug-likeness (QED) is 0.692. The Labute approximate surface area is 172 Å². The Hall–Kier alpha value is -2.38. The highest BCUT2D eigenvalue weighted by molar-refractivity contribution is 7.89. The van der Waals surface area contributed by atoms with E-state index in [9.17, 15) is 13.2 Å². The fourth-order valence-corrected chi connectivity index (χ4v) is 5.19. The fraction of sp³-hybridized carbons (Fsp3) is 0.409. The molecule has 1 fully saturated rings. The van der Waals surface area contributed by atoms with Gasteiger partial charge in [0, 0.05) is 29.6 Å². The molecule has 0 radical (unpaired) electrons. The summed E-state index contributed by atoms with van der Waals surface area (Å²) in [6.45, 7) is 2.49. The molecule has 0 saturated heterocycles. The molecule has 2 N–H and O–H groups in total. The van der Waals surface area contributed by atoms with Crippen molar-refractivity contribution in [3.8, 4) is 5.75 Å². The molecule has 7 heteroatoms. The number of hydrogen-bond acceptors (Lipinski definition) is 4. The van der Waals surface area contributed by atoms with E-state index < -0.39 is 10.0 Å². The van der Waals surface area contributed by atoms with Gasteiger partial charge in [0.25, 0.3) is 5.91 Å². The van der Waals surface area contributed by atoms with Crippen LogP contribution in [0.1, 0.15) is 48.5 Å². The number of methoxy groups -OCH3 is 1. The van der Waals surface area contributed by atoms with Gasteiger partial charge in [-0.25, -0.2) is 13.1 Å². The summed E-state index contributed by atoms with van der Waals surface area (Å²) in [6, 6.07) is 14.1. The summed E-state index contributed by atoms with van der Waals surface area (Å²) < 4.78 is 32.5. The minimum absolute atomic E-state index is 0.0901. The lowest BCUT2D eigenvalue weighted by atomic mass is 9.78. The van der Waals surface area contributed by atoms with E-state index >= 15 is 0 Å². The summed E-state index contributed by atoms with van der Waals surface area (Å²) in [7, 11) is -1.94. The summed E-state index contributed by atoms with van der Waals surface area (Å²) >= 11 is 0. The molecule has 1 saturated carbocycles. The van der Waals surface area contributed by atoms with E-state index in [-0.39, 0.29) is 16.2 Å². The number of hydrogen-bond donors (Lipinski definition) is 2. The van der Waals surface area contributed by atoms with Crippen LogP contribution in [-0.2, 0) is 15.4 Å². The van der Waals surface area contributed by atoms with Crippen molar-refractivity contribution in [3.63, 3.8) is 0 Å². The highest BCUT2D eigenvalue weighted by atomic mass is 32.2. The molecule has 2 aromatic rings. The second kappa shape index (κ2) is 8.97. The smallest absolute Gasteiger partial charge is 0.251 e. The zero-order chi connectivity index (χ0) is 20.9. The van der Waals surface area contributed by atoms with Crippen LogP contribution in [0, 0.1) is 0 Å². The molecule has 0 atom stereocenters. The molecule has 29 heavy (non-hydrogen) atoms. The Kier molecular flexibility index (Phi) is 6.59. The lowest BCUT2D eigenvalue weighted by molar-refractivity contribution is 0.0942. The van der Waals surface area contributed by atoms with Gasteiger partial charge in [-0.05, 0) is 37.1 Å². The molecule has 0 bridgehead atoms. The number of para-hydroxylation sites is 1. The Balaban J connectivity index is 1.80. The van der Waals surface area contributed by atoms with Crippen LogP contribution in [-0.4, -0.2) is 34.5 Å². The standard InChI is InChI=1S/C22H28N2O4S/c1-3-24-29(26,27)18-10-8-9-17(15-18)21(25)23-16-22(13-6-7-14-22)19-11-4-5-12-20(19)28-2/h4-5,8-12,15,24H,3,6-7,13-14,16H2,1-2H3,(H,23,25). The Morgan fingerprint density at radius 2 is 1.83 bits per heavy atom. The number of amides is 1. The number of carbonyl (C=O) groups excluding carboxylic acids is 1. The number of carbonyl (C=O) groups is 1. The average molecular weight is 417 g/mol. The molecule has 3 rings (SSSR count). The van der Waals surface area contributed by atoms with Crippen molar-refractivity contribution in [1.29, 1.82) is 0 Å². The zero-order valence-electron chi connectivity index (χ0n) is 16.9. The lowest BCUT2D eigenvalue weighted by Crippen LogP contribution is -2.39. The Bertz CT molecular complexity index is 966. The van der Waals surface area contributed by atoms with E-state index in [4.69, 9.17) is 4.74 Å². The molecule has 0 unspecified atom stereocenters. The first-order chi connectivity index (χ1) is 13.9. The zero-order valence-corrected chi connectivity index (χ0v) is 17.7. The predicted molar refractivity (Wildman–Crippen MR) is 113 cm³/mol. The minimum atomic E-state index is -3.61. The van der Waals surface area contributed by atoms with Gasteiger partial charge in [-0.3, -0.25) is 4.79 Å². The van der Waals surface area contributed by atoms with Crippen LogP contribution < -0.4 is 14.8 Å². The first-order valence-corrected chi connectivity index (χ1v) is 11.4. The van der Waals surface area contributed by atoms with Gasteiger partial charge in [0.2, 0.25) is 10.0 Å². The van der Waals surface area contributed by atoms with Gasteiger partial charge in [0.1, 0.15) is 5.75 Å². The van der Waals surface area contributed by atoms with E-state index in [1.54, 1.807) is 26.2 Å². The summed E-state index contributed by atoms with van der Waals surface area (Å²) in [5.74, 6) is 0.558. The molecule has 0 aliphatic heterocycles. The summed E-state index contributed by atoms with van der Waals surface area (Å²) in [6.07, 6.45) is 4.15. The van der Waals surface area contributed by atoms with Gasteiger partial charge in [0.05, 0.1) is 12.0 Å². The van der Waals surface area contributed by atoms with Crippen molar-refractivity contribution < 1.29 is 17.9 Å². The molecule has 2 aromatic carbocycles. The van der Waals surface area contributed by atoms with Crippen molar-refractivity contribution in [2.45, 2.75) is 42.9 Å². The van der Waals surface area contributed by atoms with Gasteiger partial charge in [-0.15, -0.1) is 0 Å². The van der Waals surface area contributed by atoms with Crippen LogP contribution in [0.15, 0.2) is 53.4 Å². The molecule has 1 amide bonds. The maximum atomic E-state index is 12.8. The number of nitrogens with one attached hydrogen (secondary N) is 2. The van der Waals surface area contributed by atoms with Crippen molar-refractivity contribution in [2.24, 2.45) is 0 Å². The van der Waals surface area contributed by atoms with Crippen LogP contribution in [0.25, 0.3) is 0 Å². The van der Waals surface area contributed by atoms with Crippen molar-refractivity contribution in [1.82, 2.24) is 10.0 Å². The van der Waals surface area contributed by atoms with Gasteiger partial charge < -0.3 is 10.1 Å². The first kappa shape index (κ1) is 21.3. The Morgan fingerprint density at radius 3 is 2.52 bits per heavy atom. The molecular weight excluding hydrogens is 388 g/mol. The normalized spacial score (nSPS) is 15.8. The summed E-state index contributed by atoms with van der Waals surface area (Å²) in [5, 5.41) is 3.03. The third-order valence-electron chi connectivity index (χ3n) is 5.57. The highest BCUT2D eigenvalue weighted by Gasteiger charge is 2.38. The molecule has 1 aliphatic carbocycles. The second-order valence-corrected chi connectivity index (χ2v) is 9.17. The van der Waals surface area contributed by atoms with Crippen LogP contribution in [0.2, 0.25) is 0 Å². The molecule has 1 aliphatic rings. The third-order valence-corrected chi connectivity index (χ3v) is 7.11. The van der Waals surface area contributed by atoms with Gasteiger partial charge in [-0.2, -0.15) is 0 Å². The van der Waals surface area contributed by atoms with Gasteiger partial charge >= 0.3 is 0 Å². The molecule has 156 valence electrons. The van der Waals surface area contributed by atoms with Gasteiger partial charge in [0.15, 0.2) is 0 Å². The van der Waals surface area contributed by atoms with E-state index in [1.807, 2.05) is 18.2 Å². The largest absolute Gasteiger partial charge is 0.496 e. The van der Waals surface area contributed by atoms with Gasteiger partial charge in [-0.1, -0.05) is 44.0 Å². The number of ether oxygens (including phenoxy) is 1. The van der Waals surface area contributed by atoms with Crippen LogP contribution in [0.5, 0.6) is 5.75 Å². The van der Waals surface area contributed by atoms with E-state index in [0.29, 0.717) is 18.7 Å². The molecular formula is C22H28N2O4S. The number of rotatable bonds is 8. The highest BCUT2D eigenvalue weighted by Crippen LogP contribution is 2.44. The maximum absolute atomic E-state index is 12.8. The summed E-state index contributed by atoms with van der Waals surface area (Å²) in [5.41, 5.74) is 1.27. The Morgan fingerprint density at radius 1 is 1.10 bits per heavy atom. The third kappa shape index (κ3) is 4.62. The summed E-state index contributed by atoms with van der Waals surface area (Å²) in [4.78, 5) is 12.9. The van der Waals surface area contributed by atoms with Crippen LogP contribution >= 0.6 is 0 Å². The molecule has 0 spiro atoms. The van der Waals surface area contributed by atoms with E-state index in [0.717, 1.165) is 37.0 Å². The topological polar surface area (TPSA) is 84.5 Å². The molecule has 0 heterocycles. The van der Waals surface area contributed by atoms with E-state index in [1.165, 1.54) is 12.1 Å². The lowest BCUT2D eigenvalue weighted by Gasteiger charge is -2.31. The number of sulfonamides is 1. The minimum Gasteiger partial charge on any atom is -0.496 e. The fourth-order valence-electron chi connectivity index (χ4n) is 4.11. The second-order valence-electron chi connectivity index (χ2n) is 7.40.